The van der Waals surface area contributed by atoms with Crippen molar-refractivity contribution in [2.75, 3.05) is 27.7 Å². The van der Waals surface area contributed by atoms with Crippen molar-refractivity contribution in [3.63, 3.8) is 0 Å². The summed E-state index contributed by atoms with van der Waals surface area (Å²) in [6, 6.07) is 15.2. The van der Waals surface area contributed by atoms with E-state index in [1.54, 1.807) is 7.11 Å². The fraction of sp³-hybridized carbons (Fsp3) is 0.368. The van der Waals surface area contributed by atoms with Crippen LogP contribution in [0.25, 0.3) is 0 Å². The molecule has 0 aromatic heterocycles. The van der Waals surface area contributed by atoms with Gasteiger partial charge in [0.15, 0.2) is 0 Å². The molecule has 1 atom stereocenters. The maximum atomic E-state index is 12.4. The number of nitrogens with zero attached hydrogens (tertiary/aromatic N) is 1. The van der Waals surface area contributed by atoms with Gasteiger partial charge in [-0.1, -0.05) is 42.0 Å². The molecule has 136 valence electrons. The highest BCUT2D eigenvalue weighted by Crippen LogP contribution is 2.21. The molecule has 1 N–H and O–H groups in total. The highest BCUT2D eigenvalue weighted by Gasteiger charge is 2.18. The number of ether oxygens (including phenoxy) is 1. The molecule has 2 rings (SSSR count). The fourth-order valence-electron chi connectivity index (χ4n) is 2.59. The smallest absolute Gasteiger partial charge is 0.215 e. The van der Waals surface area contributed by atoms with Crippen molar-refractivity contribution in [2.45, 2.75) is 18.7 Å². The second-order valence-corrected chi connectivity index (χ2v) is 8.15. The maximum absolute atomic E-state index is 12.4. The van der Waals surface area contributed by atoms with Gasteiger partial charge < -0.3 is 9.64 Å². The van der Waals surface area contributed by atoms with Gasteiger partial charge >= 0.3 is 0 Å². The van der Waals surface area contributed by atoms with Gasteiger partial charge in [-0.15, -0.1) is 0 Å². The Labute approximate surface area is 150 Å². The highest BCUT2D eigenvalue weighted by atomic mass is 32.2. The van der Waals surface area contributed by atoms with Crippen molar-refractivity contribution in [3.8, 4) is 5.75 Å². The maximum Gasteiger partial charge on any atom is 0.215 e. The first kappa shape index (κ1) is 19.4. The van der Waals surface area contributed by atoms with E-state index in [-0.39, 0.29) is 11.8 Å². The average molecular weight is 362 g/mol. The van der Waals surface area contributed by atoms with Gasteiger partial charge in [0.25, 0.3) is 0 Å². The van der Waals surface area contributed by atoms with Gasteiger partial charge in [-0.3, -0.25) is 0 Å². The van der Waals surface area contributed by atoms with Crippen LogP contribution in [-0.2, 0) is 15.8 Å². The molecule has 2 aromatic carbocycles. The SMILES string of the molecule is COc1ccc(C(CNS(=O)(=O)Cc2ccc(C)cc2)N(C)C)cc1. The Balaban J connectivity index is 2.05. The van der Waals surface area contributed by atoms with Gasteiger partial charge in [0.05, 0.1) is 12.9 Å². The molecule has 0 heterocycles. The number of hydrogen-bond acceptors (Lipinski definition) is 4. The lowest BCUT2D eigenvalue weighted by Crippen LogP contribution is -2.35. The lowest BCUT2D eigenvalue weighted by atomic mass is 10.1. The molecule has 0 spiro atoms. The minimum Gasteiger partial charge on any atom is -0.497 e. The standard InChI is InChI=1S/C19H26N2O3S/c1-15-5-7-16(8-6-15)14-25(22,23)20-13-19(21(2)3)17-9-11-18(24-4)12-10-17/h5-12,19-20H,13-14H2,1-4H3. The minimum atomic E-state index is -3.40. The summed E-state index contributed by atoms with van der Waals surface area (Å²) in [7, 11) is 2.09. The van der Waals surface area contributed by atoms with E-state index in [4.69, 9.17) is 4.74 Å². The van der Waals surface area contributed by atoms with Crippen LogP contribution in [-0.4, -0.2) is 41.1 Å². The van der Waals surface area contributed by atoms with Crippen molar-refractivity contribution in [1.29, 1.82) is 0 Å². The van der Waals surface area contributed by atoms with Crippen LogP contribution >= 0.6 is 0 Å². The van der Waals surface area contributed by atoms with Crippen molar-refractivity contribution >= 4 is 10.0 Å². The second-order valence-electron chi connectivity index (χ2n) is 6.35. The summed E-state index contributed by atoms with van der Waals surface area (Å²) in [5.74, 6) is 0.761. The first-order valence-electron chi connectivity index (χ1n) is 8.14. The minimum absolute atomic E-state index is 0.0178. The molecular weight excluding hydrogens is 336 g/mol. The van der Waals surface area contributed by atoms with E-state index in [2.05, 4.69) is 4.72 Å². The molecule has 0 aliphatic carbocycles. The van der Waals surface area contributed by atoms with Gasteiger partial charge in [0.1, 0.15) is 5.75 Å². The Hall–Kier alpha value is -1.89. The Morgan fingerprint density at radius 3 is 2.16 bits per heavy atom. The van der Waals surface area contributed by atoms with Crippen molar-refractivity contribution in [1.82, 2.24) is 9.62 Å². The Morgan fingerprint density at radius 1 is 1.04 bits per heavy atom. The number of likely N-dealkylation sites (N-methyl/N-ethyl adjacent to an activating group) is 1. The molecule has 0 bridgehead atoms. The number of hydrogen-bond donors (Lipinski definition) is 1. The van der Waals surface area contributed by atoms with E-state index < -0.39 is 10.0 Å². The first-order chi connectivity index (χ1) is 11.8. The molecule has 0 saturated heterocycles. The summed E-state index contributed by atoms with van der Waals surface area (Å²) in [5, 5.41) is 0. The number of rotatable bonds is 8. The summed E-state index contributed by atoms with van der Waals surface area (Å²) in [5.41, 5.74) is 2.93. The summed E-state index contributed by atoms with van der Waals surface area (Å²) in [6.07, 6.45) is 0. The molecule has 0 aliphatic rings. The topological polar surface area (TPSA) is 58.6 Å². The molecular formula is C19H26N2O3S. The largest absolute Gasteiger partial charge is 0.497 e. The van der Waals surface area contributed by atoms with Crippen LogP contribution in [0.3, 0.4) is 0 Å². The number of aryl methyl sites for hydroxylation is 1. The van der Waals surface area contributed by atoms with Crippen LogP contribution in [0.1, 0.15) is 22.7 Å². The Bertz CT molecular complexity index is 769. The van der Waals surface area contributed by atoms with Crippen molar-refractivity contribution in [3.05, 3.63) is 65.2 Å². The summed E-state index contributed by atoms with van der Waals surface area (Å²) in [4.78, 5) is 2.00. The zero-order valence-corrected chi connectivity index (χ0v) is 16.0. The van der Waals surface area contributed by atoms with E-state index >= 15 is 0 Å². The molecule has 0 fully saturated rings. The molecule has 1 unspecified atom stereocenters. The number of methoxy groups -OCH3 is 1. The zero-order chi connectivity index (χ0) is 18.4. The van der Waals surface area contributed by atoms with Crippen molar-refractivity contribution < 1.29 is 13.2 Å². The molecule has 0 amide bonds. The predicted octanol–water partition coefficient (Wildman–Crippen LogP) is 2.73. The van der Waals surface area contributed by atoms with E-state index in [0.717, 1.165) is 22.4 Å². The zero-order valence-electron chi connectivity index (χ0n) is 15.2. The third-order valence-electron chi connectivity index (χ3n) is 4.10. The summed E-state index contributed by atoms with van der Waals surface area (Å²) in [6.45, 7) is 2.29. The number of benzene rings is 2. The van der Waals surface area contributed by atoms with Crippen molar-refractivity contribution in [2.24, 2.45) is 0 Å². The quantitative estimate of drug-likeness (QED) is 0.784. The van der Waals surface area contributed by atoms with Gasteiger partial charge in [-0.25, -0.2) is 13.1 Å². The summed E-state index contributed by atoms with van der Waals surface area (Å²) >= 11 is 0. The lowest BCUT2D eigenvalue weighted by Gasteiger charge is -2.25. The molecule has 5 nitrogen and oxygen atoms in total. The van der Waals surface area contributed by atoms with Crippen LogP contribution in [0.5, 0.6) is 5.75 Å². The monoisotopic (exact) mass is 362 g/mol. The Morgan fingerprint density at radius 2 is 1.64 bits per heavy atom. The normalized spacial score (nSPS) is 13.0. The predicted molar refractivity (Wildman–Crippen MR) is 101 cm³/mol. The molecule has 6 heteroatoms. The average Bonchev–Trinajstić information content (AvgIpc) is 2.57. The fourth-order valence-corrected chi connectivity index (χ4v) is 3.73. The first-order valence-corrected chi connectivity index (χ1v) is 9.79. The lowest BCUT2D eigenvalue weighted by molar-refractivity contribution is 0.299. The third-order valence-corrected chi connectivity index (χ3v) is 5.42. The second kappa shape index (κ2) is 8.47. The molecule has 2 aromatic rings. The van der Waals surface area contributed by atoms with Gasteiger partial charge in [-0.2, -0.15) is 0 Å². The van der Waals surface area contributed by atoms with Gasteiger partial charge in [0.2, 0.25) is 10.0 Å². The van der Waals surface area contributed by atoms with E-state index in [9.17, 15) is 8.42 Å². The third kappa shape index (κ3) is 5.85. The van der Waals surface area contributed by atoms with E-state index in [0.29, 0.717) is 6.54 Å². The highest BCUT2D eigenvalue weighted by molar-refractivity contribution is 7.88. The van der Waals surface area contributed by atoms with E-state index in [1.165, 1.54) is 0 Å². The van der Waals surface area contributed by atoms with Crippen LogP contribution in [0.2, 0.25) is 0 Å². The Kier molecular flexibility index (Phi) is 6.58. The van der Waals surface area contributed by atoms with Gasteiger partial charge in [-0.05, 0) is 44.3 Å². The number of nitrogens with one attached hydrogen (secondary N) is 1. The van der Waals surface area contributed by atoms with Gasteiger partial charge in [0, 0.05) is 12.6 Å². The van der Waals surface area contributed by atoms with Crippen LogP contribution < -0.4 is 9.46 Å². The van der Waals surface area contributed by atoms with Crippen LogP contribution in [0.4, 0.5) is 0 Å². The molecule has 0 aliphatic heterocycles. The van der Waals surface area contributed by atoms with Crippen LogP contribution in [0.15, 0.2) is 48.5 Å². The van der Waals surface area contributed by atoms with Crippen LogP contribution in [0, 0.1) is 6.92 Å². The molecule has 0 saturated carbocycles. The van der Waals surface area contributed by atoms with E-state index in [1.807, 2.05) is 74.4 Å². The molecule has 0 radical (unpaired) electrons. The molecule has 25 heavy (non-hydrogen) atoms. The number of sulfonamides is 1. The summed E-state index contributed by atoms with van der Waals surface area (Å²) < 4.78 is 32.7.